The van der Waals surface area contributed by atoms with E-state index in [1.165, 1.54) is 23.3 Å². The average Bonchev–Trinajstić information content (AvgIpc) is 2.38. The molecule has 2 aromatic carbocycles. The molecule has 0 bridgehead atoms. The normalized spacial score (nSPS) is 22.0. The summed E-state index contributed by atoms with van der Waals surface area (Å²) in [6, 6.07) is 14.8. The predicted octanol–water partition coefficient (Wildman–Crippen LogP) is 3.29. The fourth-order valence-electron chi connectivity index (χ4n) is 2.96. The number of aliphatic hydroxyl groups is 1. The largest absolute Gasteiger partial charge is 0.389 e. The molecular weight excluding hydrogens is 239 g/mol. The van der Waals surface area contributed by atoms with E-state index in [2.05, 4.69) is 12.1 Å². The van der Waals surface area contributed by atoms with E-state index in [0.717, 1.165) is 18.4 Å². The van der Waals surface area contributed by atoms with E-state index in [4.69, 9.17) is 0 Å². The van der Waals surface area contributed by atoms with Gasteiger partial charge in [0.15, 0.2) is 0 Å². The lowest BCUT2D eigenvalue weighted by atomic mass is 9.77. The third-order valence-corrected chi connectivity index (χ3v) is 3.92. The van der Waals surface area contributed by atoms with E-state index in [-0.39, 0.29) is 5.82 Å². The maximum absolute atomic E-state index is 13.2. The van der Waals surface area contributed by atoms with Gasteiger partial charge in [-0.15, -0.1) is 0 Å². The molecule has 2 heteroatoms. The van der Waals surface area contributed by atoms with Crippen molar-refractivity contribution in [3.8, 4) is 0 Å². The van der Waals surface area contributed by atoms with E-state index in [0.29, 0.717) is 12.8 Å². The lowest BCUT2D eigenvalue weighted by Crippen LogP contribution is -2.38. The Morgan fingerprint density at radius 2 is 1.84 bits per heavy atom. The van der Waals surface area contributed by atoms with Gasteiger partial charge in [-0.2, -0.15) is 0 Å². The lowest BCUT2D eigenvalue weighted by molar-refractivity contribution is 0.0267. The quantitative estimate of drug-likeness (QED) is 0.874. The summed E-state index contributed by atoms with van der Waals surface area (Å²) in [6.07, 6.45) is 2.79. The van der Waals surface area contributed by atoms with Crippen molar-refractivity contribution in [3.05, 3.63) is 71.0 Å². The van der Waals surface area contributed by atoms with Crippen LogP contribution in [0.25, 0.3) is 0 Å². The molecule has 19 heavy (non-hydrogen) atoms. The van der Waals surface area contributed by atoms with E-state index in [9.17, 15) is 9.50 Å². The molecule has 0 saturated heterocycles. The molecule has 0 radical (unpaired) electrons. The average molecular weight is 256 g/mol. The molecule has 0 fully saturated rings. The summed E-state index contributed by atoms with van der Waals surface area (Å²) < 4.78 is 13.2. The fourth-order valence-corrected chi connectivity index (χ4v) is 2.96. The predicted molar refractivity (Wildman–Crippen MR) is 73.5 cm³/mol. The van der Waals surface area contributed by atoms with Crippen molar-refractivity contribution in [1.29, 1.82) is 0 Å². The molecule has 1 nitrogen and oxygen atoms in total. The Kier molecular flexibility index (Phi) is 3.11. The number of halogens is 1. The smallest absolute Gasteiger partial charge is 0.123 e. The van der Waals surface area contributed by atoms with Crippen molar-refractivity contribution in [2.24, 2.45) is 0 Å². The van der Waals surface area contributed by atoms with Gasteiger partial charge in [-0.1, -0.05) is 36.4 Å². The summed E-state index contributed by atoms with van der Waals surface area (Å²) in [5, 5.41) is 10.7. The van der Waals surface area contributed by atoms with E-state index >= 15 is 0 Å². The Morgan fingerprint density at radius 3 is 2.63 bits per heavy atom. The van der Waals surface area contributed by atoms with Crippen LogP contribution in [0.1, 0.15) is 23.1 Å². The van der Waals surface area contributed by atoms with E-state index < -0.39 is 5.60 Å². The van der Waals surface area contributed by atoms with Crippen LogP contribution in [0.3, 0.4) is 0 Å². The van der Waals surface area contributed by atoms with Gasteiger partial charge in [0.2, 0.25) is 0 Å². The van der Waals surface area contributed by atoms with Crippen molar-refractivity contribution in [2.45, 2.75) is 31.3 Å². The van der Waals surface area contributed by atoms with Gasteiger partial charge >= 0.3 is 0 Å². The first-order valence-electron chi connectivity index (χ1n) is 6.68. The fraction of sp³-hybridized carbons (Fsp3) is 0.294. The lowest BCUT2D eigenvalue weighted by Gasteiger charge is -2.33. The Labute approximate surface area is 112 Å². The van der Waals surface area contributed by atoms with Crippen molar-refractivity contribution >= 4 is 0 Å². The number of rotatable bonds is 2. The summed E-state index contributed by atoms with van der Waals surface area (Å²) in [4.78, 5) is 0. The molecule has 1 N–H and O–H groups in total. The SMILES string of the molecule is OC1(Cc2cccc(F)c2)CCc2ccccc2C1. The van der Waals surface area contributed by atoms with Crippen molar-refractivity contribution in [2.75, 3.05) is 0 Å². The second-order valence-electron chi connectivity index (χ2n) is 5.48. The maximum atomic E-state index is 13.2. The summed E-state index contributed by atoms with van der Waals surface area (Å²) in [5.74, 6) is -0.239. The molecule has 1 aliphatic rings. The van der Waals surface area contributed by atoms with Gasteiger partial charge in [-0.05, 0) is 41.7 Å². The summed E-state index contributed by atoms with van der Waals surface area (Å²) in [5.41, 5.74) is 2.66. The van der Waals surface area contributed by atoms with Gasteiger partial charge in [-0.3, -0.25) is 0 Å². The summed E-state index contributed by atoms with van der Waals surface area (Å²) in [6.45, 7) is 0. The Balaban J connectivity index is 1.82. The Morgan fingerprint density at radius 1 is 1.05 bits per heavy atom. The summed E-state index contributed by atoms with van der Waals surface area (Å²) in [7, 11) is 0. The highest BCUT2D eigenvalue weighted by molar-refractivity contribution is 5.32. The molecule has 1 atom stereocenters. The first kappa shape index (κ1) is 12.4. The van der Waals surface area contributed by atoms with Gasteiger partial charge in [0.05, 0.1) is 5.60 Å². The molecule has 0 spiro atoms. The Bertz CT molecular complexity index is 593. The highest BCUT2D eigenvalue weighted by Crippen LogP contribution is 2.31. The minimum absolute atomic E-state index is 0.239. The third kappa shape index (κ3) is 2.69. The molecule has 0 aliphatic heterocycles. The van der Waals surface area contributed by atoms with Crippen LogP contribution in [0.15, 0.2) is 48.5 Å². The summed E-state index contributed by atoms with van der Waals surface area (Å²) >= 11 is 0. The molecule has 0 aromatic heterocycles. The van der Waals surface area contributed by atoms with Gasteiger partial charge in [-0.25, -0.2) is 4.39 Å². The van der Waals surface area contributed by atoms with Crippen LogP contribution in [0.4, 0.5) is 4.39 Å². The third-order valence-electron chi connectivity index (χ3n) is 3.92. The highest BCUT2D eigenvalue weighted by atomic mass is 19.1. The molecule has 2 aromatic rings. The number of hydrogen-bond acceptors (Lipinski definition) is 1. The van der Waals surface area contributed by atoms with Crippen LogP contribution in [-0.4, -0.2) is 10.7 Å². The highest BCUT2D eigenvalue weighted by Gasteiger charge is 2.32. The molecule has 0 saturated carbocycles. The zero-order valence-corrected chi connectivity index (χ0v) is 10.8. The number of fused-ring (bicyclic) bond motifs is 1. The van der Waals surface area contributed by atoms with Crippen LogP contribution in [0.5, 0.6) is 0 Å². The minimum Gasteiger partial charge on any atom is -0.389 e. The van der Waals surface area contributed by atoms with Crippen molar-refractivity contribution < 1.29 is 9.50 Å². The molecule has 3 rings (SSSR count). The van der Waals surface area contributed by atoms with Crippen LogP contribution in [0, 0.1) is 5.82 Å². The molecule has 1 aliphatic carbocycles. The van der Waals surface area contributed by atoms with Crippen LogP contribution in [-0.2, 0) is 19.3 Å². The molecule has 1 unspecified atom stereocenters. The second-order valence-corrected chi connectivity index (χ2v) is 5.48. The molecule has 0 heterocycles. The number of benzene rings is 2. The molecular formula is C17H17FO. The maximum Gasteiger partial charge on any atom is 0.123 e. The first-order valence-corrected chi connectivity index (χ1v) is 6.68. The zero-order valence-electron chi connectivity index (χ0n) is 10.8. The van der Waals surface area contributed by atoms with Gasteiger partial charge in [0, 0.05) is 12.8 Å². The van der Waals surface area contributed by atoms with Crippen molar-refractivity contribution in [3.63, 3.8) is 0 Å². The van der Waals surface area contributed by atoms with Gasteiger partial charge < -0.3 is 5.11 Å². The molecule has 98 valence electrons. The standard InChI is InChI=1S/C17H17FO/c18-16-7-3-4-13(10-16)11-17(19)9-8-14-5-1-2-6-15(14)12-17/h1-7,10,19H,8-9,11-12H2. The van der Waals surface area contributed by atoms with Crippen LogP contribution < -0.4 is 0 Å². The van der Waals surface area contributed by atoms with Gasteiger partial charge in [0.1, 0.15) is 5.82 Å². The van der Waals surface area contributed by atoms with Crippen LogP contribution in [0.2, 0.25) is 0 Å². The topological polar surface area (TPSA) is 20.2 Å². The second kappa shape index (κ2) is 4.78. The number of hydrogen-bond donors (Lipinski definition) is 1. The first-order chi connectivity index (χ1) is 9.15. The Hall–Kier alpha value is -1.67. The molecule has 0 amide bonds. The number of aryl methyl sites for hydroxylation is 1. The minimum atomic E-state index is -0.748. The van der Waals surface area contributed by atoms with Crippen molar-refractivity contribution in [1.82, 2.24) is 0 Å². The van der Waals surface area contributed by atoms with Gasteiger partial charge in [0.25, 0.3) is 0 Å². The van der Waals surface area contributed by atoms with E-state index in [1.54, 1.807) is 6.07 Å². The van der Waals surface area contributed by atoms with Crippen LogP contribution >= 0.6 is 0 Å². The zero-order chi connectivity index (χ0) is 13.3. The monoisotopic (exact) mass is 256 g/mol. The van der Waals surface area contributed by atoms with E-state index in [1.807, 2.05) is 18.2 Å².